The highest BCUT2D eigenvalue weighted by atomic mass is 19.1. The van der Waals surface area contributed by atoms with Crippen molar-refractivity contribution in [2.45, 2.75) is 70.1 Å². The maximum Gasteiger partial charge on any atom is 0.135 e. The third-order valence-corrected chi connectivity index (χ3v) is 6.86. The quantitative estimate of drug-likeness (QED) is 0.641. The Morgan fingerprint density at radius 2 is 1.78 bits per heavy atom. The highest BCUT2D eigenvalue weighted by Crippen LogP contribution is 2.59. The average molecular weight is 374 g/mol. The van der Waals surface area contributed by atoms with Gasteiger partial charge in [-0.15, -0.1) is 0 Å². The molecule has 3 aliphatic carbocycles. The molecule has 27 heavy (non-hydrogen) atoms. The van der Waals surface area contributed by atoms with Crippen molar-refractivity contribution in [2.75, 3.05) is 13.2 Å². The number of aliphatic hydroxyl groups excluding tert-OH is 1. The molecule has 3 nitrogen and oxygen atoms in total. The minimum Gasteiger partial charge on any atom is -0.489 e. The number of hydrogen-bond donors (Lipinski definition) is 1. The van der Waals surface area contributed by atoms with E-state index in [0.29, 0.717) is 37.8 Å². The van der Waals surface area contributed by atoms with E-state index < -0.39 is 0 Å². The molecule has 1 N–H and O–H groups in total. The number of aliphatic hydroxyl groups is 1. The van der Waals surface area contributed by atoms with Gasteiger partial charge in [0.2, 0.25) is 0 Å². The number of ether oxygens (including phenoxy) is 1. The average Bonchev–Trinajstić information content (AvgIpc) is 2.70. The molecule has 0 atom stereocenters. The first-order valence-corrected chi connectivity index (χ1v) is 10.2. The van der Waals surface area contributed by atoms with Gasteiger partial charge in [-0.2, -0.15) is 0 Å². The molecule has 2 bridgehead atoms. The van der Waals surface area contributed by atoms with Crippen molar-refractivity contribution in [3.05, 3.63) is 41.7 Å². The lowest BCUT2D eigenvalue weighted by molar-refractivity contribution is -0.124. The summed E-state index contributed by atoms with van der Waals surface area (Å²) in [7, 11) is 0. The molecule has 4 heteroatoms. The molecule has 0 aliphatic heterocycles. The summed E-state index contributed by atoms with van der Waals surface area (Å²) < 4.78 is 18.3. The third-order valence-electron chi connectivity index (χ3n) is 6.86. The van der Waals surface area contributed by atoms with Gasteiger partial charge in [0.15, 0.2) is 0 Å². The molecule has 0 unspecified atom stereocenters. The lowest BCUT2D eigenvalue weighted by Crippen LogP contribution is -2.45. The van der Waals surface area contributed by atoms with Crippen LogP contribution in [0.15, 0.2) is 36.2 Å². The Morgan fingerprint density at radius 1 is 1.15 bits per heavy atom. The van der Waals surface area contributed by atoms with E-state index in [1.807, 2.05) is 19.1 Å². The normalized spacial score (nSPS) is 27.6. The van der Waals surface area contributed by atoms with Crippen LogP contribution < -0.4 is 4.74 Å². The van der Waals surface area contributed by atoms with Crippen LogP contribution in [0.25, 0.3) is 0 Å². The predicted octanol–water partition coefficient (Wildman–Crippen LogP) is 5.26. The summed E-state index contributed by atoms with van der Waals surface area (Å²) >= 11 is 0. The first kappa shape index (κ1) is 20.1. The van der Waals surface area contributed by atoms with Crippen LogP contribution in [-0.2, 0) is 10.2 Å². The Bertz CT molecular complexity index is 653. The Labute approximate surface area is 161 Å². The number of hydrogen-bond acceptors (Lipinski definition) is 3. The van der Waals surface area contributed by atoms with Gasteiger partial charge in [-0.3, -0.25) is 4.79 Å². The van der Waals surface area contributed by atoms with Crippen LogP contribution in [0.5, 0.6) is 5.75 Å². The highest BCUT2D eigenvalue weighted by Gasteiger charge is 2.49. The molecule has 4 rings (SSSR count). The number of benzene rings is 1. The first-order valence-electron chi connectivity index (χ1n) is 10.2. The number of fused-ring (bicyclic) bond motifs is 3. The minimum absolute atomic E-state index is 0.0336. The number of ketones is 1. The molecule has 3 saturated carbocycles. The van der Waals surface area contributed by atoms with Gasteiger partial charge in [-0.25, -0.2) is 4.39 Å². The van der Waals surface area contributed by atoms with Gasteiger partial charge < -0.3 is 9.84 Å². The van der Waals surface area contributed by atoms with E-state index in [9.17, 15) is 9.18 Å². The summed E-state index contributed by atoms with van der Waals surface area (Å²) in [5.41, 5.74) is 2.42. The fourth-order valence-corrected chi connectivity index (χ4v) is 4.88. The first-order chi connectivity index (χ1) is 13.0. The van der Waals surface area contributed by atoms with E-state index in [0.717, 1.165) is 44.3 Å². The number of halogens is 1. The van der Waals surface area contributed by atoms with Gasteiger partial charge in [-0.1, -0.05) is 19.1 Å². The maximum atomic E-state index is 12.6. The maximum absolute atomic E-state index is 12.6. The van der Waals surface area contributed by atoms with Crippen molar-refractivity contribution < 1.29 is 19.0 Å². The van der Waals surface area contributed by atoms with Crippen LogP contribution in [0.2, 0.25) is 0 Å². The molecule has 0 heterocycles. The summed E-state index contributed by atoms with van der Waals surface area (Å²) in [6, 6.07) is 8.32. The Hall–Kier alpha value is -1.68. The summed E-state index contributed by atoms with van der Waals surface area (Å²) in [5.74, 6) is 0.987. The molecule has 3 aliphatic rings. The zero-order valence-corrected chi connectivity index (χ0v) is 16.3. The molecule has 148 valence electrons. The van der Waals surface area contributed by atoms with Crippen molar-refractivity contribution in [1.82, 2.24) is 0 Å². The lowest BCUT2D eigenvalue weighted by Gasteiger charge is -2.54. The van der Waals surface area contributed by atoms with E-state index in [4.69, 9.17) is 9.84 Å². The van der Waals surface area contributed by atoms with Gasteiger partial charge in [0, 0.05) is 19.4 Å². The van der Waals surface area contributed by atoms with Gasteiger partial charge in [0.1, 0.15) is 18.1 Å². The summed E-state index contributed by atoms with van der Waals surface area (Å²) in [4.78, 5) is 12.0. The molecular weight excluding hydrogens is 343 g/mol. The predicted molar refractivity (Wildman–Crippen MR) is 105 cm³/mol. The molecule has 1 aromatic rings. The van der Waals surface area contributed by atoms with Crippen LogP contribution >= 0.6 is 0 Å². The number of carbonyl (C=O) groups is 1. The second-order valence-corrected chi connectivity index (χ2v) is 8.40. The smallest absolute Gasteiger partial charge is 0.135 e. The van der Waals surface area contributed by atoms with Crippen molar-refractivity contribution in [2.24, 2.45) is 5.41 Å². The zero-order chi connectivity index (χ0) is 19.3. The molecule has 1 aromatic carbocycles. The summed E-state index contributed by atoms with van der Waals surface area (Å²) in [5, 5.41) is 8.99. The van der Waals surface area contributed by atoms with E-state index in [1.165, 1.54) is 5.56 Å². The second-order valence-electron chi connectivity index (χ2n) is 8.40. The van der Waals surface area contributed by atoms with Gasteiger partial charge in [-0.05, 0) is 79.0 Å². The molecule has 3 fully saturated rings. The lowest BCUT2D eigenvalue weighted by atomic mass is 9.51. The van der Waals surface area contributed by atoms with Crippen LogP contribution in [0.1, 0.15) is 70.3 Å². The van der Waals surface area contributed by atoms with Crippen molar-refractivity contribution in [3.63, 3.8) is 0 Å². The van der Waals surface area contributed by atoms with Crippen LogP contribution in [0, 0.1) is 5.41 Å². The molecule has 0 spiro atoms. The molecule has 0 aromatic heterocycles. The van der Waals surface area contributed by atoms with Crippen molar-refractivity contribution >= 4 is 5.78 Å². The standard InChI is InChI=1S/C23H31FO3/c1-2-18(16-24)17-27-21-5-3-19(4-6-21)23-11-8-22(9-12-23,10-13-23)15-20(26)7-14-25/h3-6,16,25H,2,7-15,17H2,1H3/b18-16+. The molecule has 0 amide bonds. The molecule has 0 radical (unpaired) electrons. The second kappa shape index (κ2) is 8.55. The molecular formula is C23H31FO3. The third kappa shape index (κ3) is 4.43. The van der Waals surface area contributed by atoms with Gasteiger partial charge in [0.05, 0.1) is 6.33 Å². The van der Waals surface area contributed by atoms with Crippen LogP contribution in [0.4, 0.5) is 4.39 Å². The van der Waals surface area contributed by atoms with Gasteiger partial charge >= 0.3 is 0 Å². The zero-order valence-electron chi connectivity index (χ0n) is 16.3. The number of Topliss-reactive ketones (excluding diaryl/α,β-unsaturated/α-hetero) is 1. The SMILES string of the molecule is CC/C(=C\F)COc1ccc(C23CCC(CC(=O)CCO)(CC2)CC3)cc1. The van der Waals surface area contributed by atoms with Crippen LogP contribution in [0.3, 0.4) is 0 Å². The Balaban J connectivity index is 1.61. The fraction of sp³-hybridized carbons (Fsp3) is 0.609. The molecule has 0 saturated heterocycles. The van der Waals surface area contributed by atoms with Gasteiger partial charge in [0.25, 0.3) is 0 Å². The fourth-order valence-electron chi connectivity index (χ4n) is 4.88. The number of rotatable bonds is 9. The van der Waals surface area contributed by atoms with Crippen molar-refractivity contribution in [3.8, 4) is 5.75 Å². The number of carbonyl (C=O) groups excluding carboxylic acids is 1. The van der Waals surface area contributed by atoms with E-state index >= 15 is 0 Å². The van der Waals surface area contributed by atoms with Crippen molar-refractivity contribution in [1.29, 1.82) is 0 Å². The van der Waals surface area contributed by atoms with E-state index in [-0.39, 0.29) is 23.2 Å². The monoisotopic (exact) mass is 374 g/mol. The van der Waals surface area contributed by atoms with E-state index in [1.54, 1.807) is 0 Å². The summed E-state index contributed by atoms with van der Waals surface area (Å²) in [6.07, 6.45) is 8.91. The minimum atomic E-state index is -0.0336. The highest BCUT2D eigenvalue weighted by molar-refractivity contribution is 5.79. The largest absolute Gasteiger partial charge is 0.489 e. The Morgan fingerprint density at radius 3 is 2.30 bits per heavy atom. The summed E-state index contributed by atoms with van der Waals surface area (Å²) in [6.45, 7) is 2.18. The van der Waals surface area contributed by atoms with E-state index in [2.05, 4.69) is 12.1 Å². The van der Waals surface area contributed by atoms with Crippen LogP contribution in [-0.4, -0.2) is 24.1 Å². The Kier molecular flexibility index (Phi) is 6.36. The topological polar surface area (TPSA) is 46.5 Å².